The molecule has 0 fully saturated rings. The Labute approximate surface area is 88.5 Å². The second kappa shape index (κ2) is 7.13. The molecule has 0 aromatic carbocycles. The maximum atomic E-state index is 2.58. The van der Waals surface area contributed by atoms with Crippen LogP contribution in [0.4, 0.5) is 0 Å². The van der Waals surface area contributed by atoms with Gasteiger partial charge in [0.25, 0.3) is 0 Å². The van der Waals surface area contributed by atoms with Crippen molar-refractivity contribution >= 4 is 0 Å². The molecule has 0 aromatic rings. The summed E-state index contributed by atoms with van der Waals surface area (Å²) in [7, 11) is 2.29. The molecular formula is C10H23IN-. The molecule has 0 spiro atoms. The van der Waals surface area contributed by atoms with Crippen molar-refractivity contribution in [1.29, 1.82) is 0 Å². The first kappa shape index (κ1) is 12.7. The van der Waals surface area contributed by atoms with Gasteiger partial charge in [0.1, 0.15) is 0 Å². The molecule has 0 saturated carbocycles. The number of alkyl halides is 1. The molecule has 2 heteroatoms. The fraction of sp³-hybridized carbons (Fsp3) is 1.00. The fourth-order valence-electron chi connectivity index (χ4n) is 1.34. The van der Waals surface area contributed by atoms with Gasteiger partial charge in [-0.05, 0) is 0 Å². The number of hydrogen-bond acceptors (Lipinski definition) is 1. The molecule has 0 aliphatic heterocycles. The third-order valence-electron chi connectivity index (χ3n) is 2.44. The molecule has 2 atom stereocenters. The number of nitrogens with zero attached hydrogens (tertiary/aromatic N) is 1. The van der Waals surface area contributed by atoms with Crippen LogP contribution in [0, 0.1) is 5.92 Å². The Bertz CT molecular complexity index is 94.0. The Morgan fingerprint density at radius 3 is 2.25 bits per heavy atom. The topological polar surface area (TPSA) is 3.24 Å². The van der Waals surface area contributed by atoms with E-state index in [1.54, 1.807) is 0 Å². The van der Waals surface area contributed by atoms with Crippen LogP contribution in [0.25, 0.3) is 0 Å². The molecule has 0 aliphatic rings. The molecule has 0 amide bonds. The first-order chi connectivity index (χ1) is 5.63. The van der Waals surface area contributed by atoms with E-state index < -0.39 is 0 Å². The Morgan fingerprint density at radius 1 is 1.25 bits per heavy atom. The predicted molar refractivity (Wildman–Crippen MR) is 51.8 cm³/mol. The normalized spacial score (nSPS) is 16.8. The molecule has 0 radical (unpaired) electrons. The van der Waals surface area contributed by atoms with Crippen molar-refractivity contribution in [2.45, 2.75) is 46.6 Å². The van der Waals surface area contributed by atoms with E-state index in [4.69, 9.17) is 0 Å². The average Bonchev–Trinajstić information content (AvgIpc) is 2.04. The van der Waals surface area contributed by atoms with Gasteiger partial charge in [0.15, 0.2) is 0 Å². The summed E-state index contributed by atoms with van der Waals surface area (Å²) >= 11 is 0.313. The van der Waals surface area contributed by atoms with Gasteiger partial charge in [0.2, 0.25) is 0 Å². The summed E-state index contributed by atoms with van der Waals surface area (Å²) in [6.45, 7) is 9.32. The molecule has 0 bridgehead atoms. The molecule has 0 aliphatic carbocycles. The van der Waals surface area contributed by atoms with Gasteiger partial charge in [0.05, 0.1) is 0 Å². The van der Waals surface area contributed by atoms with E-state index in [2.05, 4.69) is 37.9 Å². The van der Waals surface area contributed by atoms with E-state index in [9.17, 15) is 0 Å². The van der Waals surface area contributed by atoms with Gasteiger partial charge in [-0.1, -0.05) is 0 Å². The molecule has 0 rings (SSSR count). The second-order valence-electron chi connectivity index (χ2n) is 3.42. The predicted octanol–water partition coefficient (Wildman–Crippen LogP) is -0.233. The molecule has 12 heavy (non-hydrogen) atoms. The van der Waals surface area contributed by atoms with Crippen LogP contribution >= 0.6 is 0 Å². The van der Waals surface area contributed by atoms with Crippen molar-refractivity contribution in [3.63, 3.8) is 0 Å². The maximum absolute atomic E-state index is 2.58. The second-order valence-corrected chi connectivity index (χ2v) is 7.15. The van der Waals surface area contributed by atoms with Crippen LogP contribution in [0.2, 0.25) is 0 Å². The van der Waals surface area contributed by atoms with Gasteiger partial charge in [0, 0.05) is 0 Å². The number of hydrogen-bond donors (Lipinski definition) is 0. The zero-order valence-corrected chi connectivity index (χ0v) is 11.3. The third-order valence-corrected chi connectivity index (χ3v) is 5.07. The Morgan fingerprint density at radius 2 is 1.83 bits per heavy atom. The number of halogens is 1. The van der Waals surface area contributed by atoms with Crippen LogP contribution in [-0.2, 0) is 0 Å². The van der Waals surface area contributed by atoms with E-state index in [1.165, 1.54) is 17.3 Å². The molecular weight excluding hydrogens is 261 g/mol. The van der Waals surface area contributed by atoms with Crippen molar-refractivity contribution in [1.82, 2.24) is 3.11 Å². The van der Waals surface area contributed by atoms with Gasteiger partial charge in [-0.3, -0.25) is 0 Å². The van der Waals surface area contributed by atoms with Crippen LogP contribution < -0.4 is 21.5 Å². The zero-order chi connectivity index (χ0) is 9.56. The standard InChI is InChI=1S/C10H23IN/c1-6-8-9(3)10(4)12(5)11-7-2/h9-10H,6-8H2,1-5H3/q-1/t9-,10-/m0/s1. The van der Waals surface area contributed by atoms with E-state index in [0.717, 1.165) is 12.0 Å². The van der Waals surface area contributed by atoms with E-state index >= 15 is 0 Å². The van der Waals surface area contributed by atoms with Crippen molar-refractivity contribution in [2.75, 3.05) is 11.5 Å². The summed E-state index contributed by atoms with van der Waals surface area (Å²) in [4.78, 5) is 0. The van der Waals surface area contributed by atoms with E-state index in [0.29, 0.717) is 21.5 Å². The van der Waals surface area contributed by atoms with Gasteiger partial charge < -0.3 is 0 Å². The van der Waals surface area contributed by atoms with Gasteiger partial charge in [-0.25, -0.2) is 0 Å². The van der Waals surface area contributed by atoms with Crippen LogP contribution in [-0.4, -0.2) is 20.6 Å². The summed E-state index contributed by atoms with van der Waals surface area (Å²) in [6, 6.07) is 0.790. The van der Waals surface area contributed by atoms with Gasteiger partial charge in [-0.15, -0.1) is 0 Å². The molecule has 0 saturated heterocycles. The molecule has 0 N–H and O–H groups in total. The average molecular weight is 284 g/mol. The first-order valence-electron chi connectivity index (χ1n) is 4.95. The summed E-state index contributed by atoms with van der Waals surface area (Å²) in [5.41, 5.74) is 0. The Balaban J connectivity index is 3.73. The first-order valence-corrected chi connectivity index (χ1v) is 7.44. The Kier molecular flexibility index (Phi) is 7.54. The monoisotopic (exact) mass is 284 g/mol. The summed E-state index contributed by atoms with van der Waals surface area (Å²) in [5, 5.41) is 0. The summed E-state index contributed by atoms with van der Waals surface area (Å²) < 4.78 is 3.96. The van der Waals surface area contributed by atoms with Crippen LogP contribution in [0.5, 0.6) is 0 Å². The molecule has 0 unspecified atom stereocenters. The number of rotatable bonds is 6. The molecule has 1 nitrogen and oxygen atoms in total. The minimum atomic E-state index is 0.313. The van der Waals surface area contributed by atoms with Crippen molar-refractivity contribution in [2.24, 2.45) is 5.92 Å². The van der Waals surface area contributed by atoms with Crippen molar-refractivity contribution < 1.29 is 21.5 Å². The minimum absolute atomic E-state index is 0.313. The molecule has 0 heterocycles. The Hall–Kier alpha value is 0.690. The van der Waals surface area contributed by atoms with Crippen molar-refractivity contribution in [3.8, 4) is 0 Å². The van der Waals surface area contributed by atoms with E-state index in [1.807, 2.05) is 0 Å². The van der Waals surface area contributed by atoms with Crippen LogP contribution in [0.15, 0.2) is 0 Å². The van der Waals surface area contributed by atoms with E-state index in [-0.39, 0.29) is 0 Å². The van der Waals surface area contributed by atoms with Crippen LogP contribution in [0.1, 0.15) is 40.5 Å². The third kappa shape index (κ3) is 4.65. The van der Waals surface area contributed by atoms with Gasteiger partial charge in [-0.2, -0.15) is 0 Å². The summed E-state index contributed by atoms with van der Waals surface area (Å²) in [5.74, 6) is 0.867. The molecule has 0 aromatic heterocycles. The van der Waals surface area contributed by atoms with Crippen molar-refractivity contribution in [3.05, 3.63) is 0 Å². The fourth-order valence-corrected chi connectivity index (χ4v) is 3.59. The molecule has 76 valence electrons. The quantitative estimate of drug-likeness (QED) is 0.370. The SMILES string of the molecule is CCC[C@H](C)[C@H](C)N(C)[I-]CC. The zero-order valence-electron chi connectivity index (χ0n) is 9.10. The summed E-state index contributed by atoms with van der Waals surface area (Å²) in [6.07, 6.45) is 2.70. The van der Waals surface area contributed by atoms with Crippen LogP contribution in [0.3, 0.4) is 0 Å². The van der Waals surface area contributed by atoms with Gasteiger partial charge >= 0.3 is 88.6 Å².